The zero-order chi connectivity index (χ0) is 9.14. The molecule has 1 aromatic rings. The van der Waals surface area contributed by atoms with Crippen molar-refractivity contribution in [1.82, 2.24) is 0 Å². The van der Waals surface area contributed by atoms with Crippen LogP contribution in [0, 0.1) is 0 Å². The molecule has 0 saturated carbocycles. The lowest BCUT2D eigenvalue weighted by Gasteiger charge is -2.07. The Kier molecular flexibility index (Phi) is 5.65. The van der Waals surface area contributed by atoms with Gasteiger partial charge in [-0.15, -0.1) is 12.4 Å². The maximum Gasteiger partial charge on any atom is 0.139 e. The van der Waals surface area contributed by atoms with Gasteiger partial charge in [-0.2, -0.15) is 0 Å². The van der Waals surface area contributed by atoms with E-state index >= 15 is 0 Å². The number of nitrogens with two attached hydrogens (primary N) is 1. The Morgan fingerprint density at radius 1 is 1.38 bits per heavy atom. The number of halogens is 4. The van der Waals surface area contributed by atoms with Gasteiger partial charge in [0, 0.05) is 22.2 Å². The predicted octanol–water partition coefficient (Wildman–Crippen LogP) is 3.38. The first-order valence-corrected chi connectivity index (χ1v) is 4.20. The van der Waals surface area contributed by atoms with Crippen molar-refractivity contribution in [3.05, 3.63) is 33.8 Å². The molecule has 0 heterocycles. The summed E-state index contributed by atoms with van der Waals surface area (Å²) in [5.74, 6) is 0. The lowest BCUT2D eigenvalue weighted by molar-refractivity contribution is 0.353. The summed E-state index contributed by atoms with van der Waals surface area (Å²) in [6.07, 6.45) is -1.21. The van der Waals surface area contributed by atoms with E-state index in [9.17, 15) is 4.39 Å². The second kappa shape index (κ2) is 5.66. The van der Waals surface area contributed by atoms with E-state index in [-0.39, 0.29) is 19.0 Å². The fourth-order valence-electron chi connectivity index (χ4n) is 0.883. The quantitative estimate of drug-likeness (QED) is 0.848. The zero-order valence-electron chi connectivity index (χ0n) is 6.64. The molecule has 0 aromatic heterocycles. The standard InChI is InChI=1S/C8H8Cl2FN.ClH/c9-5-1-2-6(7(10)3-5)8(11)4-12;/h1-3,8H,4,12H2;1H. The molecule has 1 aromatic carbocycles. The van der Waals surface area contributed by atoms with E-state index in [1.165, 1.54) is 6.07 Å². The predicted molar refractivity (Wildman–Crippen MR) is 56.6 cm³/mol. The molecule has 0 aliphatic carbocycles. The van der Waals surface area contributed by atoms with Crippen molar-refractivity contribution < 1.29 is 4.39 Å². The van der Waals surface area contributed by atoms with Crippen molar-refractivity contribution in [3.8, 4) is 0 Å². The van der Waals surface area contributed by atoms with Crippen LogP contribution >= 0.6 is 35.6 Å². The summed E-state index contributed by atoms with van der Waals surface area (Å²) in [6.45, 7) is -0.0681. The average molecular weight is 245 g/mol. The summed E-state index contributed by atoms with van der Waals surface area (Å²) in [7, 11) is 0. The Balaban J connectivity index is 0.00000144. The van der Waals surface area contributed by atoms with Gasteiger partial charge < -0.3 is 5.73 Å². The van der Waals surface area contributed by atoms with E-state index in [4.69, 9.17) is 28.9 Å². The molecule has 2 N–H and O–H groups in total. The summed E-state index contributed by atoms with van der Waals surface area (Å²) in [6, 6.07) is 4.63. The first kappa shape index (κ1) is 13.0. The molecule has 13 heavy (non-hydrogen) atoms. The molecular weight excluding hydrogens is 235 g/mol. The zero-order valence-corrected chi connectivity index (χ0v) is 8.96. The van der Waals surface area contributed by atoms with Gasteiger partial charge in [0.25, 0.3) is 0 Å². The van der Waals surface area contributed by atoms with Crippen LogP contribution in [0.3, 0.4) is 0 Å². The number of hydrogen-bond donors (Lipinski definition) is 1. The van der Waals surface area contributed by atoms with Crippen LogP contribution in [0.5, 0.6) is 0 Å². The van der Waals surface area contributed by atoms with Gasteiger partial charge in [-0.05, 0) is 12.1 Å². The Morgan fingerprint density at radius 3 is 2.46 bits per heavy atom. The second-order valence-electron chi connectivity index (χ2n) is 2.37. The normalized spacial score (nSPS) is 12.0. The molecule has 0 spiro atoms. The van der Waals surface area contributed by atoms with E-state index in [0.717, 1.165) is 0 Å². The largest absolute Gasteiger partial charge is 0.327 e. The fourth-order valence-corrected chi connectivity index (χ4v) is 1.41. The van der Waals surface area contributed by atoms with Gasteiger partial charge in [0.1, 0.15) is 6.17 Å². The van der Waals surface area contributed by atoms with Gasteiger partial charge in [-0.1, -0.05) is 29.3 Å². The molecule has 0 radical (unpaired) electrons. The summed E-state index contributed by atoms with van der Waals surface area (Å²) in [4.78, 5) is 0. The fraction of sp³-hybridized carbons (Fsp3) is 0.250. The molecule has 0 saturated heterocycles. The van der Waals surface area contributed by atoms with Gasteiger partial charge in [0.15, 0.2) is 0 Å². The van der Waals surface area contributed by atoms with Gasteiger partial charge >= 0.3 is 0 Å². The molecule has 1 nitrogen and oxygen atoms in total. The van der Waals surface area contributed by atoms with Crippen molar-refractivity contribution in [2.45, 2.75) is 6.17 Å². The van der Waals surface area contributed by atoms with E-state index in [1.807, 2.05) is 0 Å². The third kappa shape index (κ3) is 3.31. The van der Waals surface area contributed by atoms with Crippen LogP contribution in [0.4, 0.5) is 4.39 Å². The van der Waals surface area contributed by atoms with E-state index in [2.05, 4.69) is 0 Å². The van der Waals surface area contributed by atoms with Gasteiger partial charge in [-0.25, -0.2) is 4.39 Å². The lowest BCUT2D eigenvalue weighted by atomic mass is 10.1. The van der Waals surface area contributed by atoms with Crippen LogP contribution in [0.2, 0.25) is 10.0 Å². The Bertz CT molecular complexity index is 280. The molecule has 0 bridgehead atoms. The molecular formula is C8H9Cl3FN. The average Bonchev–Trinajstić information content (AvgIpc) is 2.03. The van der Waals surface area contributed by atoms with Crippen molar-refractivity contribution in [3.63, 3.8) is 0 Å². The summed E-state index contributed by atoms with van der Waals surface area (Å²) < 4.78 is 13.0. The number of hydrogen-bond acceptors (Lipinski definition) is 1. The maximum atomic E-state index is 13.0. The van der Waals surface area contributed by atoms with Crippen LogP contribution in [0.1, 0.15) is 11.7 Å². The Morgan fingerprint density at radius 2 is 2.00 bits per heavy atom. The first-order valence-electron chi connectivity index (χ1n) is 3.44. The van der Waals surface area contributed by atoms with Gasteiger partial charge in [-0.3, -0.25) is 0 Å². The SMILES string of the molecule is Cl.NCC(F)c1ccc(Cl)cc1Cl. The highest BCUT2D eigenvalue weighted by atomic mass is 35.5. The number of benzene rings is 1. The van der Waals surface area contributed by atoms with Gasteiger partial charge in [0.2, 0.25) is 0 Å². The Labute approximate surface area is 92.4 Å². The molecule has 0 amide bonds. The Hall–Kier alpha value is -0.0200. The third-order valence-electron chi connectivity index (χ3n) is 1.51. The topological polar surface area (TPSA) is 26.0 Å². The minimum atomic E-state index is -1.21. The summed E-state index contributed by atoms with van der Waals surface area (Å²) in [5, 5.41) is 0.813. The van der Waals surface area contributed by atoms with Crippen LogP contribution in [-0.4, -0.2) is 6.54 Å². The van der Waals surface area contributed by atoms with Gasteiger partial charge in [0.05, 0.1) is 0 Å². The van der Waals surface area contributed by atoms with Crippen LogP contribution < -0.4 is 5.73 Å². The summed E-state index contributed by atoms with van der Waals surface area (Å²) >= 11 is 11.3. The van der Waals surface area contributed by atoms with E-state index < -0.39 is 6.17 Å². The van der Waals surface area contributed by atoms with Crippen molar-refractivity contribution >= 4 is 35.6 Å². The first-order chi connectivity index (χ1) is 5.65. The lowest BCUT2D eigenvalue weighted by Crippen LogP contribution is -2.07. The molecule has 1 rings (SSSR count). The molecule has 0 aliphatic heterocycles. The molecule has 0 fully saturated rings. The molecule has 1 atom stereocenters. The van der Waals surface area contributed by atoms with Crippen molar-refractivity contribution in [2.75, 3.05) is 6.54 Å². The minimum Gasteiger partial charge on any atom is -0.327 e. The molecule has 74 valence electrons. The van der Waals surface area contributed by atoms with E-state index in [0.29, 0.717) is 15.6 Å². The highest BCUT2D eigenvalue weighted by molar-refractivity contribution is 6.35. The maximum absolute atomic E-state index is 13.0. The van der Waals surface area contributed by atoms with E-state index in [1.54, 1.807) is 12.1 Å². The monoisotopic (exact) mass is 243 g/mol. The highest BCUT2D eigenvalue weighted by Gasteiger charge is 2.11. The number of alkyl halides is 1. The second-order valence-corrected chi connectivity index (χ2v) is 3.21. The minimum absolute atomic E-state index is 0. The van der Waals surface area contributed by atoms with Crippen molar-refractivity contribution in [2.24, 2.45) is 5.73 Å². The van der Waals surface area contributed by atoms with Crippen LogP contribution in [0.25, 0.3) is 0 Å². The van der Waals surface area contributed by atoms with Crippen LogP contribution in [0.15, 0.2) is 18.2 Å². The molecule has 0 aliphatic rings. The number of rotatable bonds is 2. The van der Waals surface area contributed by atoms with Crippen LogP contribution in [-0.2, 0) is 0 Å². The smallest absolute Gasteiger partial charge is 0.139 e. The summed E-state index contributed by atoms with van der Waals surface area (Å²) in [5.41, 5.74) is 5.54. The third-order valence-corrected chi connectivity index (χ3v) is 2.07. The van der Waals surface area contributed by atoms with Crippen molar-refractivity contribution in [1.29, 1.82) is 0 Å². The molecule has 1 unspecified atom stereocenters. The molecule has 5 heteroatoms. The highest BCUT2D eigenvalue weighted by Crippen LogP contribution is 2.27.